The maximum Gasteiger partial charge on any atom is 0.254 e. The predicted octanol–water partition coefficient (Wildman–Crippen LogP) is 6.80. The second kappa shape index (κ2) is 11.8. The summed E-state index contributed by atoms with van der Waals surface area (Å²) in [4.78, 5) is 32.9. The van der Waals surface area contributed by atoms with E-state index in [0.29, 0.717) is 18.7 Å². The van der Waals surface area contributed by atoms with Gasteiger partial charge in [0.15, 0.2) is 0 Å². The zero-order valence-corrected chi connectivity index (χ0v) is 21.9. The predicted molar refractivity (Wildman–Crippen MR) is 148 cm³/mol. The summed E-state index contributed by atoms with van der Waals surface area (Å²) in [5.74, 6) is -0.197. The molecule has 0 N–H and O–H groups in total. The Morgan fingerprint density at radius 2 is 1.36 bits per heavy atom. The van der Waals surface area contributed by atoms with Gasteiger partial charge in [-0.2, -0.15) is 0 Å². The molecule has 0 radical (unpaired) electrons. The topological polar surface area (TPSA) is 40.6 Å². The zero-order chi connectivity index (χ0) is 25.5. The first kappa shape index (κ1) is 25.4. The second-order valence-corrected chi connectivity index (χ2v) is 10.6. The number of thiophene rings is 1. The number of rotatable bonds is 9. The molecule has 0 spiro atoms. The van der Waals surface area contributed by atoms with Crippen LogP contribution in [0.3, 0.4) is 0 Å². The Hall–Kier alpha value is -3.70. The molecule has 0 fully saturated rings. The molecule has 4 nitrogen and oxygen atoms in total. The summed E-state index contributed by atoms with van der Waals surface area (Å²) in [5.41, 5.74) is 3.81. The maximum atomic E-state index is 13.6. The third-order valence-electron chi connectivity index (χ3n) is 6.14. The highest BCUT2D eigenvalue weighted by Crippen LogP contribution is 2.22. The van der Waals surface area contributed by atoms with Crippen LogP contribution in [0.4, 0.5) is 0 Å². The van der Waals surface area contributed by atoms with Crippen molar-refractivity contribution in [3.8, 4) is 11.1 Å². The van der Waals surface area contributed by atoms with Gasteiger partial charge in [-0.1, -0.05) is 72.8 Å². The van der Waals surface area contributed by atoms with E-state index in [1.54, 1.807) is 16.2 Å². The summed E-state index contributed by atoms with van der Waals surface area (Å²) < 4.78 is 0. The normalized spacial score (nSPS) is 10.9. The Balaban J connectivity index is 1.52. The Kier molecular flexibility index (Phi) is 8.34. The third-order valence-corrected chi connectivity index (χ3v) is 7.13. The summed E-state index contributed by atoms with van der Waals surface area (Å²) in [6.07, 6.45) is 0. The average molecular weight is 497 g/mol. The molecular formula is C31H32N2O2S. The lowest BCUT2D eigenvalue weighted by molar-refractivity contribution is -0.133. The molecule has 5 heteroatoms. The molecule has 184 valence electrons. The van der Waals surface area contributed by atoms with Crippen LogP contribution in [0.2, 0.25) is 0 Å². The largest absolute Gasteiger partial charge is 0.332 e. The van der Waals surface area contributed by atoms with Crippen LogP contribution in [0.25, 0.3) is 11.1 Å². The zero-order valence-electron chi connectivity index (χ0n) is 21.1. The van der Waals surface area contributed by atoms with Crippen molar-refractivity contribution in [3.05, 3.63) is 118 Å². The molecular weight excluding hydrogens is 464 g/mol. The number of hydrogen-bond acceptors (Lipinski definition) is 3. The van der Waals surface area contributed by atoms with Crippen LogP contribution in [0, 0.1) is 6.92 Å². The van der Waals surface area contributed by atoms with E-state index in [1.165, 1.54) is 4.88 Å². The summed E-state index contributed by atoms with van der Waals surface area (Å²) in [6.45, 7) is 7.04. The molecule has 0 bridgehead atoms. The average Bonchev–Trinajstić information content (AvgIpc) is 3.32. The van der Waals surface area contributed by atoms with Gasteiger partial charge >= 0.3 is 0 Å². The molecule has 1 aromatic heterocycles. The van der Waals surface area contributed by atoms with Crippen LogP contribution in [-0.2, 0) is 17.9 Å². The minimum Gasteiger partial charge on any atom is -0.332 e. The third kappa shape index (κ3) is 6.49. The first-order chi connectivity index (χ1) is 17.4. The first-order valence-corrected chi connectivity index (χ1v) is 13.1. The number of amides is 2. The van der Waals surface area contributed by atoms with Gasteiger partial charge in [0.2, 0.25) is 5.91 Å². The SMILES string of the molecule is Cc1ccc(CN(Cc2ccccc2)C(=O)CN(C(=O)c2ccc(-c3ccccc3)cc2)C(C)C)s1. The molecule has 0 atom stereocenters. The van der Waals surface area contributed by atoms with Gasteiger partial charge in [0.05, 0.1) is 6.54 Å². The minimum atomic E-state index is -0.135. The van der Waals surface area contributed by atoms with Gasteiger partial charge in [0.25, 0.3) is 5.91 Å². The van der Waals surface area contributed by atoms with Crippen LogP contribution in [0.15, 0.2) is 97.1 Å². The molecule has 0 unspecified atom stereocenters. The van der Waals surface area contributed by atoms with E-state index in [-0.39, 0.29) is 24.4 Å². The van der Waals surface area contributed by atoms with Crippen LogP contribution >= 0.6 is 11.3 Å². The van der Waals surface area contributed by atoms with E-state index in [1.807, 2.05) is 104 Å². The molecule has 1 heterocycles. The smallest absolute Gasteiger partial charge is 0.254 e. The number of hydrogen-bond donors (Lipinski definition) is 0. The van der Waals surface area contributed by atoms with Crippen molar-refractivity contribution in [1.29, 1.82) is 0 Å². The van der Waals surface area contributed by atoms with Crippen LogP contribution in [0.5, 0.6) is 0 Å². The number of carbonyl (C=O) groups is 2. The van der Waals surface area contributed by atoms with Gasteiger partial charge in [-0.25, -0.2) is 0 Å². The van der Waals surface area contributed by atoms with Crippen molar-refractivity contribution in [2.24, 2.45) is 0 Å². The molecule has 4 rings (SSSR count). The van der Waals surface area contributed by atoms with E-state index < -0.39 is 0 Å². The van der Waals surface area contributed by atoms with Crippen LogP contribution in [0.1, 0.15) is 39.5 Å². The summed E-state index contributed by atoms with van der Waals surface area (Å²) in [5, 5.41) is 0. The lowest BCUT2D eigenvalue weighted by Crippen LogP contribution is -2.45. The molecule has 0 saturated heterocycles. The Labute approximate surface area is 217 Å². The number of carbonyl (C=O) groups excluding carboxylic acids is 2. The quantitative estimate of drug-likeness (QED) is 0.256. The van der Waals surface area contributed by atoms with Crippen molar-refractivity contribution >= 4 is 23.2 Å². The first-order valence-electron chi connectivity index (χ1n) is 12.2. The van der Waals surface area contributed by atoms with Gasteiger partial charge < -0.3 is 9.80 Å². The summed E-state index contributed by atoms with van der Waals surface area (Å²) in [6, 6.07) is 31.7. The molecule has 0 aliphatic rings. The molecule has 0 saturated carbocycles. The molecule has 0 aliphatic carbocycles. The molecule has 36 heavy (non-hydrogen) atoms. The van der Waals surface area contributed by atoms with Gasteiger partial charge in [0.1, 0.15) is 6.54 Å². The van der Waals surface area contributed by atoms with Crippen molar-refractivity contribution in [1.82, 2.24) is 9.80 Å². The lowest BCUT2D eigenvalue weighted by Gasteiger charge is -2.30. The number of aryl methyl sites for hydroxylation is 1. The van der Waals surface area contributed by atoms with E-state index in [0.717, 1.165) is 21.6 Å². The number of nitrogens with zero attached hydrogens (tertiary/aromatic N) is 2. The van der Waals surface area contributed by atoms with Gasteiger partial charge in [-0.15, -0.1) is 11.3 Å². The highest BCUT2D eigenvalue weighted by molar-refractivity contribution is 7.11. The maximum absolute atomic E-state index is 13.6. The van der Waals surface area contributed by atoms with Crippen molar-refractivity contribution in [3.63, 3.8) is 0 Å². The Bertz CT molecular complexity index is 1280. The second-order valence-electron chi connectivity index (χ2n) is 9.22. The van der Waals surface area contributed by atoms with Gasteiger partial charge in [-0.3, -0.25) is 9.59 Å². The monoisotopic (exact) mass is 496 g/mol. The summed E-state index contributed by atoms with van der Waals surface area (Å²) in [7, 11) is 0. The summed E-state index contributed by atoms with van der Waals surface area (Å²) >= 11 is 1.70. The molecule has 2 amide bonds. The Morgan fingerprint density at radius 3 is 1.94 bits per heavy atom. The Morgan fingerprint density at radius 1 is 0.750 bits per heavy atom. The van der Waals surface area contributed by atoms with Crippen molar-refractivity contribution < 1.29 is 9.59 Å². The minimum absolute atomic E-state index is 0.0358. The fraction of sp³-hybridized carbons (Fsp3) is 0.226. The van der Waals surface area contributed by atoms with E-state index >= 15 is 0 Å². The van der Waals surface area contributed by atoms with E-state index in [4.69, 9.17) is 0 Å². The van der Waals surface area contributed by atoms with Gasteiger partial charge in [-0.05, 0) is 61.7 Å². The van der Waals surface area contributed by atoms with Gasteiger partial charge in [0, 0.05) is 27.9 Å². The fourth-order valence-corrected chi connectivity index (χ4v) is 5.04. The standard InChI is InChI=1S/C31H32N2O2S/c1-23(2)33(31(35)28-17-15-27(16-18-28)26-12-8-5-9-13-26)22-30(34)32(20-25-10-6-4-7-11-25)21-29-19-14-24(3)36-29/h4-19,23H,20-22H2,1-3H3. The highest BCUT2D eigenvalue weighted by Gasteiger charge is 2.25. The van der Waals surface area contributed by atoms with Crippen LogP contribution in [-0.4, -0.2) is 34.2 Å². The fourth-order valence-electron chi connectivity index (χ4n) is 4.13. The van der Waals surface area contributed by atoms with E-state index in [2.05, 4.69) is 19.1 Å². The van der Waals surface area contributed by atoms with Crippen molar-refractivity contribution in [2.75, 3.05) is 6.54 Å². The molecule has 3 aromatic carbocycles. The molecule has 4 aromatic rings. The molecule has 0 aliphatic heterocycles. The van der Waals surface area contributed by atoms with E-state index in [9.17, 15) is 9.59 Å². The van der Waals surface area contributed by atoms with Crippen molar-refractivity contribution in [2.45, 2.75) is 39.9 Å². The lowest BCUT2D eigenvalue weighted by atomic mass is 10.0. The van der Waals surface area contributed by atoms with Crippen LogP contribution < -0.4 is 0 Å². The highest BCUT2D eigenvalue weighted by atomic mass is 32.1. The number of benzene rings is 3.